The van der Waals surface area contributed by atoms with Gasteiger partial charge in [-0.15, -0.1) is 0 Å². The number of nitrogens with zero attached hydrogens (tertiary/aromatic N) is 2. The third-order valence-corrected chi connectivity index (χ3v) is 3.59. The van der Waals surface area contributed by atoms with E-state index in [1.807, 2.05) is 12.1 Å². The summed E-state index contributed by atoms with van der Waals surface area (Å²) in [5, 5.41) is 18.4. The molecule has 0 saturated carbocycles. The van der Waals surface area contributed by atoms with E-state index in [9.17, 15) is 10.4 Å². The lowest BCUT2D eigenvalue weighted by molar-refractivity contribution is -0.0103. The van der Waals surface area contributed by atoms with Crippen LogP contribution in [0.2, 0.25) is 0 Å². The Morgan fingerprint density at radius 1 is 1.61 bits per heavy atom. The lowest BCUT2D eigenvalue weighted by Gasteiger charge is -2.39. The Balaban J connectivity index is 2.34. The Labute approximate surface area is 115 Å². The summed E-state index contributed by atoms with van der Waals surface area (Å²) in [6.07, 6.45) is -0.188. The molecule has 96 valence electrons. The Morgan fingerprint density at radius 2 is 2.39 bits per heavy atom. The minimum absolute atomic E-state index is 0.000883. The number of aliphatic hydroxyl groups is 1. The number of halogens is 1. The van der Waals surface area contributed by atoms with Gasteiger partial charge in [0.15, 0.2) is 0 Å². The molecule has 1 aliphatic rings. The molecule has 1 aromatic rings. The molecule has 2 rings (SSSR count). The van der Waals surface area contributed by atoms with E-state index in [0.717, 1.165) is 10.2 Å². The van der Waals surface area contributed by atoms with Gasteiger partial charge in [0, 0.05) is 17.1 Å². The van der Waals surface area contributed by atoms with Gasteiger partial charge in [-0.1, -0.05) is 15.9 Å². The monoisotopic (exact) mass is 310 g/mol. The molecule has 0 amide bonds. The molecule has 0 aliphatic carbocycles. The molecule has 18 heavy (non-hydrogen) atoms. The molecular weight excluding hydrogens is 296 g/mol. The number of nitriles is 1. The zero-order chi connectivity index (χ0) is 13.1. The third-order valence-electron chi connectivity index (χ3n) is 3.10. The molecule has 0 spiro atoms. The van der Waals surface area contributed by atoms with Crippen LogP contribution in [0.4, 0.5) is 5.69 Å². The average Bonchev–Trinajstić information content (AvgIpc) is 2.39. The minimum Gasteiger partial charge on any atom is -0.394 e. The van der Waals surface area contributed by atoms with Crippen molar-refractivity contribution in [1.29, 1.82) is 5.26 Å². The van der Waals surface area contributed by atoms with Crippen LogP contribution in [0.5, 0.6) is 0 Å². The molecule has 2 atom stereocenters. The number of hydrogen-bond donors (Lipinski definition) is 1. The van der Waals surface area contributed by atoms with Crippen molar-refractivity contribution in [2.45, 2.75) is 19.1 Å². The Hall–Kier alpha value is -1.09. The van der Waals surface area contributed by atoms with Gasteiger partial charge in [-0.2, -0.15) is 5.26 Å². The second-order valence-corrected chi connectivity index (χ2v) is 5.33. The van der Waals surface area contributed by atoms with Gasteiger partial charge in [0.2, 0.25) is 0 Å². The molecule has 0 aromatic heterocycles. The van der Waals surface area contributed by atoms with Gasteiger partial charge in [0.25, 0.3) is 0 Å². The predicted octanol–water partition coefficient (Wildman–Crippen LogP) is 1.91. The molecule has 1 saturated heterocycles. The first-order valence-electron chi connectivity index (χ1n) is 5.84. The summed E-state index contributed by atoms with van der Waals surface area (Å²) in [7, 11) is 0. The molecule has 0 radical (unpaired) electrons. The van der Waals surface area contributed by atoms with Gasteiger partial charge in [0.05, 0.1) is 30.6 Å². The fourth-order valence-electron chi connectivity index (χ4n) is 2.10. The van der Waals surface area contributed by atoms with Gasteiger partial charge in [0.1, 0.15) is 6.07 Å². The number of aliphatic hydroxyl groups excluding tert-OH is 1. The fraction of sp³-hybridized carbons (Fsp3) is 0.462. The maximum atomic E-state index is 9.20. The molecular formula is C13H15BrN2O2. The quantitative estimate of drug-likeness (QED) is 0.906. The topological polar surface area (TPSA) is 56.5 Å². The molecule has 1 fully saturated rings. The number of hydrogen-bond acceptors (Lipinski definition) is 4. The highest BCUT2D eigenvalue weighted by atomic mass is 79.9. The highest BCUT2D eigenvalue weighted by Gasteiger charge is 2.27. The van der Waals surface area contributed by atoms with Gasteiger partial charge in [-0.25, -0.2) is 0 Å². The molecule has 1 N–H and O–H groups in total. The first kappa shape index (κ1) is 13.3. The normalized spacial score (nSPS) is 23.8. The van der Waals surface area contributed by atoms with E-state index < -0.39 is 0 Å². The summed E-state index contributed by atoms with van der Waals surface area (Å²) in [4.78, 5) is 2.12. The fourth-order valence-corrected chi connectivity index (χ4v) is 2.45. The standard InChI is InChI=1S/C13H15BrN2O2/c1-9-8-18-12(7-17)6-16(9)13-4-11(14)3-2-10(13)5-15/h2-4,9,12,17H,6-8H2,1H3. The molecule has 4 nitrogen and oxygen atoms in total. The van der Waals surface area contributed by atoms with Crippen LogP contribution in [0.1, 0.15) is 12.5 Å². The van der Waals surface area contributed by atoms with Crippen LogP contribution in [0.15, 0.2) is 22.7 Å². The van der Waals surface area contributed by atoms with Crippen molar-refractivity contribution in [2.75, 3.05) is 24.7 Å². The first-order valence-corrected chi connectivity index (χ1v) is 6.63. The molecule has 1 heterocycles. The van der Waals surface area contributed by atoms with Crippen molar-refractivity contribution in [3.63, 3.8) is 0 Å². The maximum absolute atomic E-state index is 9.20. The van der Waals surface area contributed by atoms with Crippen LogP contribution in [-0.4, -0.2) is 37.0 Å². The average molecular weight is 311 g/mol. The van der Waals surface area contributed by atoms with Crippen LogP contribution in [-0.2, 0) is 4.74 Å². The van der Waals surface area contributed by atoms with Crippen LogP contribution in [0.3, 0.4) is 0 Å². The zero-order valence-corrected chi connectivity index (χ0v) is 11.7. The Morgan fingerprint density at radius 3 is 3.06 bits per heavy atom. The Bertz CT molecular complexity index is 473. The SMILES string of the molecule is CC1COC(CO)CN1c1cc(Br)ccc1C#N. The summed E-state index contributed by atoms with van der Waals surface area (Å²) >= 11 is 3.43. The molecule has 0 bridgehead atoms. The highest BCUT2D eigenvalue weighted by Crippen LogP contribution is 2.28. The van der Waals surface area contributed by atoms with Crippen LogP contribution in [0.25, 0.3) is 0 Å². The molecule has 1 aromatic carbocycles. The van der Waals surface area contributed by atoms with Crippen LogP contribution < -0.4 is 4.90 Å². The summed E-state index contributed by atoms with van der Waals surface area (Å²) < 4.78 is 6.45. The van der Waals surface area contributed by atoms with Gasteiger partial charge in [-0.05, 0) is 25.1 Å². The lowest BCUT2D eigenvalue weighted by atomic mass is 10.1. The maximum Gasteiger partial charge on any atom is 0.101 e. The van der Waals surface area contributed by atoms with E-state index in [4.69, 9.17) is 4.74 Å². The molecule has 1 aliphatic heterocycles. The lowest BCUT2D eigenvalue weighted by Crippen LogP contribution is -2.49. The largest absolute Gasteiger partial charge is 0.394 e. The van der Waals surface area contributed by atoms with Crippen molar-refractivity contribution < 1.29 is 9.84 Å². The highest BCUT2D eigenvalue weighted by molar-refractivity contribution is 9.10. The number of ether oxygens (including phenoxy) is 1. The summed E-state index contributed by atoms with van der Waals surface area (Å²) in [5.74, 6) is 0. The Kier molecular flexibility index (Phi) is 4.23. The van der Waals surface area contributed by atoms with Gasteiger partial charge in [-0.3, -0.25) is 0 Å². The predicted molar refractivity (Wildman–Crippen MR) is 72.5 cm³/mol. The van der Waals surface area contributed by atoms with E-state index in [-0.39, 0.29) is 18.8 Å². The second kappa shape index (κ2) is 5.70. The smallest absolute Gasteiger partial charge is 0.101 e. The van der Waals surface area contributed by atoms with E-state index in [2.05, 4.69) is 33.8 Å². The molecule has 2 unspecified atom stereocenters. The summed E-state index contributed by atoms with van der Waals surface area (Å²) in [6, 6.07) is 8.00. The van der Waals surface area contributed by atoms with Crippen molar-refractivity contribution >= 4 is 21.6 Å². The van der Waals surface area contributed by atoms with Crippen LogP contribution in [0, 0.1) is 11.3 Å². The van der Waals surface area contributed by atoms with E-state index in [0.29, 0.717) is 18.7 Å². The van der Waals surface area contributed by atoms with Crippen molar-refractivity contribution in [3.8, 4) is 6.07 Å². The zero-order valence-electron chi connectivity index (χ0n) is 10.1. The van der Waals surface area contributed by atoms with E-state index in [1.165, 1.54) is 0 Å². The third kappa shape index (κ3) is 2.66. The summed E-state index contributed by atoms with van der Waals surface area (Å²) in [6.45, 7) is 3.21. The van der Waals surface area contributed by atoms with E-state index in [1.54, 1.807) is 6.07 Å². The van der Waals surface area contributed by atoms with Crippen LogP contribution >= 0.6 is 15.9 Å². The summed E-state index contributed by atoms with van der Waals surface area (Å²) in [5.41, 5.74) is 1.53. The number of benzene rings is 1. The van der Waals surface area contributed by atoms with Gasteiger partial charge >= 0.3 is 0 Å². The first-order chi connectivity index (χ1) is 8.65. The van der Waals surface area contributed by atoms with Crippen molar-refractivity contribution in [2.24, 2.45) is 0 Å². The number of anilines is 1. The van der Waals surface area contributed by atoms with Gasteiger partial charge < -0.3 is 14.7 Å². The van der Waals surface area contributed by atoms with Crippen molar-refractivity contribution in [1.82, 2.24) is 0 Å². The molecule has 5 heteroatoms. The second-order valence-electron chi connectivity index (χ2n) is 4.41. The number of rotatable bonds is 2. The minimum atomic E-state index is -0.188. The van der Waals surface area contributed by atoms with Crippen molar-refractivity contribution in [3.05, 3.63) is 28.2 Å². The number of morpholine rings is 1. The van der Waals surface area contributed by atoms with E-state index >= 15 is 0 Å².